The molecule has 84 valence electrons. The third-order valence-corrected chi connectivity index (χ3v) is 2.98. The van der Waals surface area contributed by atoms with E-state index in [1.807, 2.05) is 24.7 Å². The fourth-order valence-corrected chi connectivity index (χ4v) is 1.83. The topological polar surface area (TPSA) is 45.6 Å². The van der Waals surface area contributed by atoms with Crippen LogP contribution in [0.4, 0.5) is 5.82 Å². The third-order valence-electron chi connectivity index (χ3n) is 2.98. The molecule has 3 rings (SSSR count). The molecule has 16 heavy (non-hydrogen) atoms. The van der Waals surface area contributed by atoms with Gasteiger partial charge in [0.2, 0.25) is 0 Å². The van der Waals surface area contributed by atoms with Crippen molar-refractivity contribution in [2.75, 3.05) is 5.32 Å². The number of nitrogens with zero attached hydrogens (tertiary/aromatic N) is 2. The summed E-state index contributed by atoms with van der Waals surface area (Å²) < 4.78 is 2.07. The molecular formula is C12H16N4. The lowest BCUT2D eigenvalue weighted by atomic mass is 10.3. The maximum Gasteiger partial charge on any atom is 0.124 e. The van der Waals surface area contributed by atoms with Gasteiger partial charge in [-0.05, 0) is 30.4 Å². The second-order valence-corrected chi connectivity index (χ2v) is 4.41. The van der Waals surface area contributed by atoms with E-state index >= 15 is 0 Å². The first-order valence-corrected chi connectivity index (χ1v) is 5.79. The summed E-state index contributed by atoms with van der Waals surface area (Å²) in [5.74, 6) is 1.97. The zero-order chi connectivity index (χ0) is 10.8. The zero-order valence-corrected chi connectivity index (χ0v) is 9.19. The Bertz CT molecular complexity index is 439. The molecule has 0 saturated heterocycles. The van der Waals surface area contributed by atoms with Crippen LogP contribution in [0.25, 0.3) is 0 Å². The summed E-state index contributed by atoms with van der Waals surface area (Å²) in [6.07, 6.45) is 8.53. The van der Waals surface area contributed by atoms with Crippen molar-refractivity contribution < 1.29 is 0 Å². The lowest BCUT2D eigenvalue weighted by Crippen LogP contribution is -2.08. The van der Waals surface area contributed by atoms with Crippen LogP contribution in [0, 0.1) is 5.92 Å². The van der Waals surface area contributed by atoms with Crippen LogP contribution in [0.1, 0.15) is 18.4 Å². The Morgan fingerprint density at radius 2 is 2.38 bits per heavy atom. The van der Waals surface area contributed by atoms with E-state index in [1.165, 1.54) is 18.4 Å². The maximum absolute atomic E-state index is 4.34. The highest BCUT2D eigenvalue weighted by atomic mass is 15.3. The van der Waals surface area contributed by atoms with E-state index in [-0.39, 0.29) is 0 Å². The molecule has 1 fully saturated rings. The van der Waals surface area contributed by atoms with Crippen LogP contribution in [0.5, 0.6) is 0 Å². The summed E-state index contributed by atoms with van der Waals surface area (Å²) in [6.45, 7) is 1.91. The number of anilines is 1. The van der Waals surface area contributed by atoms with E-state index in [9.17, 15) is 0 Å². The second kappa shape index (κ2) is 4.04. The van der Waals surface area contributed by atoms with E-state index in [2.05, 4.69) is 26.1 Å². The minimum atomic E-state index is 0.847. The van der Waals surface area contributed by atoms with Crippen molar-refractivity contribution in [2.45, 2.75) is 25.9 Å². The van der Waals surface area contributed by atoms with Gasteiger partial charge in [-0.25, -0.2) is 4.68 Å². The number of hydrogen-bond acceptors (Lipinski definition) is 2. The molecular weight excluding hydrogens is 200 g/mol. The third kappa shape index (κ3) is 2.10. The van der Waals surface area contributed by atoms with Gasteiger partial charge < -0.3 is 10.3 Å². The molecule has 4 heteroatoms. The van der Waals surface area contributed by atoms with Crippen LogP contribution < -0.4 is 5.32 Å². The number of aromatic amines is 1. The molecule has 2 aromatic heterocycles. The summed E-state index contributed by atoms with van der Waals surface area (Å²) in [5.41, 5.74) is 1.26. The van der Waals surface area contributed by atoms with Gasteiger partial charge in [0.25, 0.3) is 0 Å². The average Bonchev–Trinajstić information content (AvgIpc) is 2.80. The highest BCUT2D eigenvalue weighted by molar-refractivity contribution is 5.35. The van der Waals surface area contributed by atoms with E-state index in [0.717, 1.165) is 24.8 Å². The molecule has 4 nitrogen and oxygen atoms in total. The van der Waals surface area contributed by atoms with E-state index in [4.69, 9.17) is 0 Å². The van der Waals surface area contributed by atoms with Gasteiger partial charge in [0.05, 0.1) is 6.20 Å². The van der Waals surface area contributed by atoms with E-state index < -0.39 is 0 Å². The Balaban J connectivity index is 1.62. The molecule has 0 amide bonds. The first-order chi connectivity index (χ1) is 7.92. The molecule has 0 unspecified atom stereocenters. The van der Waals surface area contributed by atoms with E-state index in [1.54, 1.807) is 0 Å². The lowest BCUT2D eigenvalue weighted by Gasteiger charge is -2.08. The highest BCUT2D eigenvalue weighted by Crippen LogP contribution is 2.31. The van der Waals surface area contributed by atoms with Gasteiger partial charge in [-0.15, -0.1) is 0 Å². The van der Waals surface area contributed by atoms with Crippen molar-refractivity contribution in [3.63, 3.8) is 0 Å². The minimum absolute atomic E-state index is 0.847. The molecule has 0 atom stereocenters. The summed E-state index contributed by atoms with van der Waals surface area (Å²) >= 11 is 0. The molecule has 0 radical (unpaired) electrons. The molecule has 1 aliphatic rings. The predicted octanol–water partition coefficient (Wildman–Crippen LogP) is 2.23. The van der Waals surface area contributed by atoms with Gasteiger partial charge in [0.1, 0.15) is 5.82 Å². The first kappa shape index (κ1) is 9.51. The van der Waals surface area contributed by atoms with Crippen LogP contribution in [0.3, 0.4) is 0 Å². The molecule has 2 N–H and O–H groups in total. The first-order valence-electron chi connectivity index (χ1n) is 5.79. The molecule has 0 bridgehead atoms. The quantitative estimate of drug-likeness (QED) is 0.805. The Hall–Kier alpha value is -1.71. The zero-order valence-electron chi connectivity index (χ0n) is 9.19. The summed E-state index contributed by atoms with van der Waals surface area (Å²) in [5, 5.41) is 7.75. The van der Waals surface area contributed by atoms with Crippen molar-refractivity contribution in [1.82, 2.24) is 14.8 Å². The summed E-state index contributed by atoms with van der Waals surface area (Å²) in [6, 6.07) is 4.11. The number of aromatic nitrogens is 3. The average molecular weight is 216 g/mol. The maximum atomic E-state index is 4.34. The largest absolute Gasteiger partial charge is 0.367 e. The van der Waals surface area contributed by atoms with Gasteiger partial charge in [-0.2, -0.15) is 5.10 Å². The monoisotopic (exact) mass is 216 g/mol. The Morgan fingerprint density at radius 3 is 3.12 bits per heavy atom. The molecule has 0 spiro atoms. The van der Waals surface area contributed by atoms with Crippen molar-refractivity contribution >= 4 is 5.82 Å². The van der Waals surface area contributed by atoms with Gasteiger partial charge in [0, 0.05) is 31.5 Å². The van der Waals surface area contributed by atoms with Crippen LogP contribution in [-0.4, -0.2) is 14.8 Å². The van der Waals surface area contributed by atoms with Crippen molar-refractivity contribution in [2.24, 2.45) is 5.92 Å². The number of hydrogen-bond donors (Lipinski definition) is 2. The standard InChI is InChI=1S/C12H16N4/c1-2-10(1)9-16-12(4-6-15-16)14-8-11-3-5-13-7-11/h3-7,10,13-14H,1-2,8-9H2. The smallest absolute Gasteiger partial charge is 0.124 e. The Morgan fingerprint density at radius 1 is 1.44 bits per heavy atom. The van der Waals surface area contributed by atoms with Gasteiger partial charge in [0.15, 0.2) is 0 Å². The molecule has 2 heterocycles. The number of H-pyrrole nitrogens is 1. The number of rotatable bonds is 5. The number of nitrogens with one attached hydrogen (secondary N) is 2. The Kier molecular flexibility index (Phi) is 2.40. The van der Waals surface area contributed by atoms with Gasteiger partial charge >= 0.3 is 0 Å². The fraction of sp³-hybridized carbons (Fsp3) is 0.417. The molecule has 1 aliphatic carbocycles. The minimum Gasteiger partial charge on any atom is -0.367 e. The Labute approximate surface area is 94.7 Å². The van der Waals surface area contributed by atoms with Crippen LogP contribution >= 0.6 is 0 Å². The van der Waals surface area contributed by atoms with Crippen LogP contribution in [0.15, 0.2) is 30.7 Å². The molecule has 0 aromatic carbocycles. The van der Waals surface area contributed by atoms with Crippen molar-refractivity contribution in [1.29, 1.82) is 0 Å². The molecule has 2 aromatic rings. The van der Waals surface area contributed by atoms with Crippen molar-refractivity contribution in [3.05, 3.63) is 36.3 Å². The second-order valence-electron chi connectivity index (χ2n) is 4.41. The van der Waals surface area contributed by atoms with Crippen LogP contribution in [-0.2, 0) is 13.1 Å². The lowest BCUT2D eigenvalue weighted by molar-refractivity contribution is 0.567. The molecule has 1 saturated carbocycles. The highest BCUT2D eigenvalue weighted by Gasteiger charge is 2.22. The summed E-state index contributed by atoms with van der Waals surface area (Å²) in [4.78, 5) is 3.05. The van der Waals surface area contributed by atoms with Gasteiger partial charge in [-0.3, -0.25) is 0 Å². The summed E-state index contributed by atoms with van der Waals surface area (Å²) in [7, 11) is 0. The SMILES string of the molecule is c1cc(NCc2cc[nH]c2)n(CC2CC2)n1. The molecule has 0 aliphatic heterocycles. The fourth-order valence-electron chi connectivity index (χ4n) is 1.83. The van der Waals surface area contributed by atoms with Gasteiger partial charge in [-0.1, -0.05) is 0 Å². The normalized spacial score (nSPS) is 15.2. The van der Waals surface area contributed by atoms with Crippen molar-refractivity contribution in [3.8, 4) is 0 Å². The van der Waals surface area contributed by atoms with Crippen LogP contribution in [0.2, 0.25) is 0 Å². The van der Waals surface area contributed by atoms with E-state index in [0.29, 0.717) is 0 Å². The predicted molar refractivity (Wildman–Crippen MR) is 63.1 cm³/mol.